The van der Waals surface area contributed by atoms with Gasteiger partial charge in [0.05, 0.1) is 24.3 Å². The van der Waals surface area contributed by atoms with Gasteiger partial charge in [0, 0.05) is 16.0 Å². The first-order valence-electron chi connectivity index (χ1n) is 13.3. The summed E-state index contributed by atoms with van der Waals surface area (Å²) < 4.78 is 7.66. The lowest BCUT2D eigenvalue weighted by atomic mass is 10.1. The second-order valence-electron chi connectivity index (χ2n) is 9.83. The summed E-state index contributed by atoms with van der Waals surface area (Å²) in [5, 5.41) is 21.0. The van der Waals surface area contributed by atoms with E-state index in [1.54, 1.807) is 65.2 Å². The molecule has 10 nitrogen and oxygen atoms in total. The van der Waals surface area contributed by atoms with E-state index >= 15 is 0 Å². The summed E-state index contributed by atoms with van der Waals surface area (Å²) in [6.45, 7) is 1.70. The fraction of sp³-hybridized carbons (Fsp3) is 0.194. The van der Waals surface area contributed by atoms with Gasteiger partial charge in [-0.25, -0.2) is 19.9 Å². The predicted octanol–water partition coefficient (Wildman–Crippen LogP) is 4.03. The van der Waals surface area contributed by atoms with Crippen molar-refractivity contribution in [3.05, 3.63) is 114 Å². The van der Waals surface area contributed by atoms with Crippen molar-refractivity contribution in [2.45, 2.75) is 35.5 Å². The first-order chi connectivity index (χ1) is 20.5. The highest BCUT2D eigenvalue weighted by atomic mass is 32.2. The summed E-state index contributed by atoms with van der Waals surface area (Å²) in [7, 11) is 0. The standard InChI is InChI=1S/C31H27N5O5S/c1-19-12-14-22(15-13-19)42-26-23(16-37)41-31(25(26)38)35-18-34-24-27(35)32-17-33-28(24)36(29(39)20-8-4-2-5-9-20)30(40)21-10-6-3-7-11-21/h2-15,17-18,23,25-26,31,37-38H,16H2,1H3/t23-,25-,26+,31-/m1/s1. The highest BCUT2D eigenvalue weighted by Gasteiger charge is 2.45. The van der Waals surface area contributed by atoms with Crippen molar-refractivity contribution in [2.75, 3.05) is 11.5 Å². The number of rotatable bonds is 7. The maximum absolute atomic E-state index is 13.8. The van der Waals surface area contributed by atoms with Crippen LogP contribution in [-0.2, 0) is 4.74 Å². The Hall–Kier alpha value is -4.42. The number of carbonyl (C=O) groups excluding carboxylic acids is 2. The number of aromatic nitrogens is 4. The molecule has 0 aliphatic carbocycles. The molecule has 6 rings (SSSR count). The fourth-order valence-corrected chi connectivity index (χ4v) is 6.09. The average Bonchev–Trinajstić information content (AvgIpc) is 3.60. The lowest BCUT2D eigenvalue weighted by Crippen LogP contribution is -2.38. The topological polar surface area (TPSA) is 131 Å². The number of imide groups is 1. The van der Waals surface area contributed by atoms with E-state index in [2.05, 4.69) is 15.0 Å². The first kappa shape index (κ1) is 27.7. The number of carbonyl (C=O) groups is 2. The van der Waals surface area contributed by atoms with Gasteiger partial charge in [-0.15, -0.1) is 11.8 Å². The Labute approximate surface area is 245 Å². The summed E-state index contributed by atoms with van der Waals surface area (Å²) in [6, 6.07) is 24.8. The number of hydrogen-bond donors (Lipinski definition) is 2. The molecule has 3 aromatic carbocycles. The highest BCUT2D eigenvalue weighted by Crippen LogP contribution is 2.41. The van der Waals surface area contributed by atoms with Crippen LogP contribution < -0.4 is 4.90 Å². The average molecular weight is 582 g/mol. The van der Waals surface area contributed by atoms with E-state index in [9.17, 15) is 19.8 Å². The zero-order chi connectivity index (χ0) is 29.2. The minimum absolute atomic E-state index is 0.00164. The monoisotopic (exact) mass is 581 g/mol. The SMILES string of the molecule is Cc1ccc(S[C@@H]2[C@@H](O)[C@H](n3cnc4c(N(C(=O)c5ccccc5)C(=O)c5ccccc5)ncnc43)O[C@@H]2CO)cc1. The number of ether oxygens (including phenoxy) is 1. The second-order valence-corrected chi connectivity index (χ2v) is 11.1. The third-order valence-electron chi connectivity index (χ3n) is 7.06. The Bertz CT molecular complexity index is 1660. The van der Waals surface area contributed by atoms with Gasteiger partial charge in [-0.2, -0.15) is 0 Å². The van der Waals surface area contributed by atoms with Crippen molar-refractivity contribution in [1.29, 1.82) is 0 Å². The number of aryl methyl sites for hydroxylation is 1. The number of aliphatic hydroxyl groups is 2. The number of thioether (sulfide) groups is 1. The zero-order valence-corrected chi connectivity index (χ0v) is 23.3. The van der Waals surface area contributed by atoms with E-state index < -0.39 is 35.5 Å². The number of hydrogen-bond acceptors (Lipinski definition) is 9. The van der Waals surface area contributed by atoms with Gasteiger partial charge in [0.25, 0.3) is 11.8 Å². The maximum Gasteiger partial charge on any atom is 0.266 e. The van der Waals surface area contributed by atoms with Crippen LogP contribution >= 0.6 is 11.8 Å². The van der Waals surface area contributed by atoms with Crippen LogP contribution in [0.2, 0.25) is 0 Å². The Morgan fingerprint density at radius 2 is 1.52 bits per heavy atom. The third-order valence-corrected chi connectivity index (χ3v) is 8.45. The summed E-state index contributed by atoms with van der Waals surface area (Å²) in [5.41, 5.74) is 2.14. The molecule has 0 spiro atoms. The van der Waals surface area contributed by atoms with Crippen molar-refractivity contribution in [3.8, 4) is 0 Å². The molecule has 4 atom stereocenters. The van der Waals surface area contributed by atoms with Crippen LogP contribution in [0.5, 0.6) is 0 Å². The molecule has 0 bridgehead atoms. The number of amides is 2. The van der Waals surface area contributed by atoms with Gasteiger partial charge in [-0.05, 0) is 43.3 Å². The molecular formula is C31H27N5O5S. The Morgan fingerprint density at radius 1 is 0.905 bits per heavy atom. The number of aliphatic hydroxyl groups excluding tert-OH is 2. The largest absolute Gasteiger partial charge is 0.394 e. The van der Waals surface area contributed by atoms with Crippen LogP contribution in [0.15, 0.2) is 102 Å². The van der Waals surface area contributed by atoms with Gasteiger partial charge >= 0.3 is 0 Å². The van der Waals surface area contributed by atoms with E-state index in [4.69, 9.17) is 4.74 Å². The van der Waals surface area contributed by atoms with E-state index in [1.807, 2.05) is 31.2 Å². The Kier molecular flexibility index (Phi) is 7.81. The molecular weight excluding hydrogens is 554 g/mol. The summed E-state index contributed by atoms with van der Waals surface area (Å²) in [4.78, 5) is 42.6. The molecule has 1 aliphatic rings. The highest BCUT2D eigenvalue weighted by molar-refractivity contribution is 8.00. The van der Waals surface area contributed by atoms with E-state index in [0.717, 1.165) is 15.4 Å². The molecule has 1 fully saturated rings. The lowest BCUT2D eigenvalue weighted by Gasteiger charge is -2.21. The number of anilines is 1. The van der Waals surface area contributed by atoms with Crippen LogP contribution in [-0.4, -0.2) is 65.6 Å². The van der Waals surface area contributed by atoms with Crippen molar-refractivity contribution >= 4 is 40.6 Å². The fourth-order valence-electron chi connectivity index (χ4n) is 4.91. The molecule has 3 heterocycles. The Morgan fingerprint density at radius 3 is 2.12 bits per heavy atom. The third kappa shape index (κ3) is 5.19. The maximum atomic E-state index is 13.8. The van der Waals surface area contributed by atoms with Gasteiger partial charge in [-0.1, -0.05) is 54.1 Å². The van der Waals surface area contributed by atoms with Crippen molar-refractivity contribution in [2.24, 2.45) is 0 Å². The van der Waals surface area contributed by atoms with Crippen molar-refractivity contribution < 1.29 is 24.5 Å². The quantitative estimate of drug-likeness (QED) is 0.274. The van der Waals surface area contributed by atoms with Crippen LogP contribution in [0.3, 0.4) is 0 Å². The van der Waals surface area contributed by atoms with Crippen LogP contribution in [0.1, 0.15) is 32.5 Å². The molecule has 2 N–H and O–H groups in total. The van der Waals surface area contributed by atoms with Crippen LogP contribution in [0, 0.1) is 6.92 Å². The molecule has 0 unspecified atom stereocenters. The van der Waals surface area contributed by atoms with E-state index in [-0.39, 0.29) is 23.6 Å². The second kappa shape index (κ2) is 11.8. The summed E-state index contributed by atoms with van der Waals surface area (Å²) >= 11 is 1.42. The molecule has 0 saturated carbocycles. The molecule has 0 radical (unpaired) electrons. The minimum atomic E-state index is -1.03. The Balaban J connectivity index is 1.38. The van der Waals surface area contributed by atoms with Gasteiger partial charge in [0.2, 0.25) is 0 Å². The lowest BCUT2D eigenvalue weighted by molar-refractivity contribution is -0.0486. The van der Waals surface area contributed by atoms with Crippen molar-refractivity contribution in [1.82, 2.24) is 19.5 Å². The van der Waals surface area contributed by atoms with E-state index in [1.165, 1.54) is 24.4 Å². The number of fused-ring (bicyclic) bond motifs is 1. The summed E-state index contributed by atoms with van der Waals surface area (Å²) in [6.07, 6.45) is 0.0505. The van der Waals surface area contributed by atoms with Gasteiger partial charge in [-0.3, -0.25) is 14.2 Å². The number of benzene rings is 3. The predicted molar refractivity (Wildman–Crippen MR) is 157 cm³/mol. The molecule has 5 aromatic rings. The van der Waals surface area contributed by atoms with E-state index in [0.29, 0.717) is 11.1 Å². The number of imidazole rings is 1. The van der Waals surface area contributed by atoms with Crippen molar-refractivity contribution in [3.63, 3.8) is 0 Å². The smallest absolute Gasteiger partial charge is 0.266 e. The van der Waals surface area contributed by atoms with Gasteiger partial charge in [0.1, 0.15) is 12.4 Å². The normalized spacial score (nSPS) is 20.1. The minimum Gasteiger partial charge on any atom is -0.394 e. The van der Waals surface area contributed by atoms with Gasteiger partial charge < -0.3 is 14.9 Å². The molecule has 2 aromatic heterocycles. The van der Waals surface area contributed by atoms with Gasteiger partial charge in [0.15, 0.2) is 23.2 Å². The molecule has 1 aliphatic heterocycles. The molecule has 212 valence electrons. The molecule has 1 saturated heterocycles. The summed E-state index contributed by atoms with van der Waals surface area (Å²) in [5.74, 6) is -1.16. The first-order valence-corrected chi connectivity index (χ1v) is 14.2. The number of nitrogens with zero attached hydrogens (tertiary/aromatic N) is 5. The zero-order valence-electron chi connectivity index (χ0n) is 22.5. The molecule has 2 amide bonds. The molecule has 11 heteroatoms. The van der Waals surface area contributed by atoms with Crippen LogP contribution in [0.4, 0.5) is 5.82 Å². The van der Waals surface area contributed by atoms with Crippen LogP contribution in [0.25, 0.3) is 11.2 Å². The molecule has 42 heavy (non-hydrogen) atoms.